The number of piperidine rings is 2. The fraction of sp³-hybridized carbons (Fsp3) is 0.458. The van der Waals surface area contributed by atoms with E-state index in [-0.39, 0.29) is 23.3 Å². The van der Waals surface area contributed by atoms with E-state index in [4.69, 9.17) is 0 Å². The second-order valence-electron chi connectivity index (χ2n) is 8.52. The van der Waals surface area contributed by atoms with Crippen LogP contribution in [0.3, 0.4) is 0 Å². The molecule has 0 atom stereocenters. The van der Waals surface area contributed by atoms with E-state index in [1.807, 2.05) is 11.8 Å². The maximum atomic E-state index is 13.2. The number of rotatable bonds is 4. The summed E-state index contributed by atoms with van der Waals surface area (Å²) >= 11 is 0. The molecule has 2 aromatic rings. The highest BCUT2D eigenvalue weighted by atomic mass is 16.4. The number of nitrogens with zero attached hydrogens (tertiary/aromatic N) is 4. The van der Waals surface area contributed by atoms with E-state index >= 15 is 0 Å². The third-order valence-electron chi connectivity index (χ3n) is 6.34. The first kappa shape index (κ1) is 21.9. The Morgan fingerprint density at radius 1 is 0.938 bits per heavy atom. The zero-order chi connectivity index (χ0) is 22.7. The average molecular weight is 437 g/mol. The Labute approximate surface area is 187 Å². The summed E-state index contributed by atoms with van der Waals surface area (Å²) in [5.41, 5.74) is 1.84. The first-order chi connectivity index (χ1) is 15.4. The molecule has 2 aliphatic heterocycles. The van der Waals surface area contributed by atoms with Crippen molar-refractivity contribution in [1.82, 2.24) is 19.8 Å². The molecule has 1 aromatic heterocycles. The van der Waals surface area contributed by atoms with Crippen LogP contribution >= 0.6 is 0 Å². The van der Waals surface area contributed by atoms with Gasteiger partial charge in [-0.25, -0.2) is 14.8 Å². The van der Waals surface area contributed by atoms with E-state index in [2.05, 4.69) is 9.97 Å². The van der Waals surface area contributed by atoms with Crippen LogP contribution in [-0.2, 0) is 0 Å². The molecule has 8 heteroatoms. The third-order valence-corrected chi connectivity index (χ3v) is 6.34. The average Bonchev–Trinajstić information content (AvgIpc) is 2.84. The van der Waals surface area contributed by atoms with Crippen molar-refractivity contribution in [2.75, 3.05) is 26.2 Å². The van der Waals surface area contributed by atoms with E-state index in [1.165, 1.54) is 12.1 Å². The quantitative estimate of drug-likeness (QED) is 0.790. The summed E-state index contributed by atoms with van der Waals surface area (Å²) in [5, 5.41) is 9.18. The first-order valence-corrected chi connectivity index (χ1v) is 11.2. The minimum Gasteiger partial charge on any atom is -0.478 e. The van der Waals surface area contributed by atoms with E-state index < -0.39 is 5.97 Å². The highest BCUT2D eigenvalue weighted by Crippen LogP contribution is 2.30. The van der Waals surface area contributed by atoms with Crippen molar-refractivity contribution < 1.29 is 19.5 Å². The van der Waals surface area contributed by atoms with Crippen molar-refractivity contribution in [2.24, 2.45) is 0 Å². The summed E-state index contributed by atoms with van der Waals surface area (Å²) in [6, 6.07) is 6.12. The third kappa shape index (κ3) is 4.64. The molecule has 0 radical (unpaired) electrons. The van der Waals surface area contributed by atoms with E-state index in [0.717, 1.165) is 38.0 Å². The van der Waals surface area contributed by atoms with Crippen LogP contribution < -0.4 is 0 Å². The summed E-state index contributed by atoms with van der Waals surface area (Å²) in [4.78, 5) is 49.8. The van der Waals surface area contributed by atoms with Crippen LogP contribution in [0.15, 0.2) is 30.5 Å². The van der Waals surface area contributed by atoms with Gasteiger partial charge in [0.2, 0.25) is 0 Å². The van der Waals surface area contributed by atoms with Gasteiger partial charge in [0.1, 0.15) is 5.82 Å². The molecule has 0 saturated carbocycles. The number of carboxylic acid groups (broad SMARTS) is 1. The maximum Gasteiger partial charge on any atom is 0.335 e. The highest BCUT2D eigenvalue weighted by Gasteiger charge is 2.30. The fourth-order valence-electron chi connectivity index (χ4n) is 4.55. The van der Waals surface area contributed by atoms with Gasteiger partial charge in [-0.15, -0.1) is 0 Å². The van der Waals surface area contributed by atoms with Crippen molar-refractivity contribution in [1.29, 1.82) is 0 Å². The van der Waals surface area contributed by atoms with Gasteiger partial charge < -0.3 is 14.9 Å². The number of aromatic nitrogens is 2. The molecule has 168 valence electrons. The number of amides is 2. The Morgan fingerprint density at radius 3 is 2.28 bits per heavy atom. The van der Waals surface area contributed by atoms with Crippen LogP contribution in [0.1, 0.15) is 80.6 Å². The van der Waals surface area contributed by atoms with Crippen LogP contribution in [0.4, 0.5) is 0 Å². The van der Waals surface area contributed by atoms with Gasteiger partial charge in [0, 0.05) is 43.9 Å². The van der Waals surface area contributed by atoms with Crippen LogP contribution in [0.25, 0.3) is 0 Å². The normalized spacial score (nSPS) is 17.3. The lowest BCUT2D eigenvalue weighted by Gasteiger charge is -2.33. The van der Waals surface area contributed by atoms with Crippen molar-refractivity contribution in [3.05, 3.63) is 58.7 Å². The Bertz CT molecular complexity index is 1020. The molecule has 3 heterocycles. The minimum atomic E-state index is -1.05. The lowest BCUT2D eigenvalue weighted by Crippen LogP contribution is -2.39. The number of hydrogen-bond acceptors (Lipinski definition) is 5. The molecule has 2 aliphatic rings. The monoisotopic (exact) mass is 436 g/mol. The molecule has 1 N–H and O–H groups in total. The second kappa shape index (κ2) is 9.46. The molecular weight excluding hydrogens is 408 g/mol. The summed E-state index contributed by atoms with van der Waals surface area (Å²) in [6.07, 6.45) is 6.25. The molecule has 4 rings (SSSR count). The van der Waals surface area contributed by atoms with Crippen molar-refractivity contribution in [3.63, 3.8) is 0 Å². The van der Waals surface area contributed by atoms with Gasteiger partial charge in [-0.05, 0) is 57.2 Å². The topological polar surface area (TPSA) is 104 Å². The Hall–Kier alpha value is -3.29. The Morgan fingerprint density at radius 2 is 1.59 bits per heavy atom. The predicted octanol–water partition coefficient (Wildman–Crippen LogP) is 3.13. The van der Waals surface area contributed by atoms with Crippen LogP contribution in [0.5, 0.6) is 0 Å². The summed E-state index contributed by atoms with van der Waals surface area (Å²) in [6.45, 7) is 4.43. The van der Waals surface area contributed by atoms with Crippen LogP contribution in [-0.4, -0.2) is 68.8 Å². The number of carbonyl (C=O) groups excluding carboxylic acids is 2. The molecule has 2 saturated heterocycles. The van der Waals surface area contributed by atoms with Crippen LogP contribution in [0, 0.1) is 6.92 Å². The zero-order valence-corrected chi connectivity index (χ0v) is 18.3. The van der Waals surface area contributed by atoms with Gasteiger partial charge in [-0.2, -0.15) is 0 Å². The molecular formula is C24H28N4O4. The standard InChI is InChI=1S/C24H28N4O4/c1-16-25-15-20(23(30)27-10-3-2-4-11-27)21(26-16)17-8-12-28(13-9-17)22(29)18-6-5-7-19(14-18)24(31)32/h5-7,14-15,17H,2-4,8-13H2,1H3,(H,31,32). The lowest BCUT2D eigenvalue weighted by atomic mass is 9.90. The minimum absolute atomic E-state index is 0.00342. The molecule has 1 aromatic carbocycles. The fourth-order valence-corrected chi connectivity index (χ4v) is 4.55. The van der Waals surface area contributed by atoms with Crippen molar-refractivity contribution >= 4 is 17.8 Å². The second-order valence-corrected chi connectivity index (χ2v) is 8.52. The predicted molar refractivity (Wildman–Crippen MR) is 118 cm³/mol. The summed E-state index contributed by atoms with van der Waals surface area (Å²) in [7, 11) is 0. The van der Waals surface area contributed by atoms with Crippen molar-refractivity contribution in [2.45, 2.75) is 44.9 Å². The lowest BCUT2D eigenvalue weighted by molar-refractivity contribution is 0.0689. The Kier molecular flexibility index (Phi) is 6.48. The number of benzene rings is 1. The number of likely N-dealkylation sites (tertiary alicyclic amines) is 2. The molecule has 2 amide bonds. The largest absolute Gasteiger partial charge is 0.478 e. The Balaban J connectivity index is 1.48. The van der Waals surface area contributed by atoms with E-state index in [1.54, 1.807) is 23.2 Å². The maximum absolute atomic E-state index is 13.2. The van der Waals surface area contributed by atoms with E-state index in [0.29, 0.717) is 42.9 Å². The first-order valence-electron chi connectivity index (χ1n) is 11.2. The molecule has 8 nitrogen and oxygen atoms in total. The van der Waals surface area contributed by atoms with E-state index in [9.17, 15) is 19.5 Å². The number of aryl methyl sites for hydroxylation is 1. The van der Waals surface area contributed by atoms with Crippen LogP contribution in [0.2, 0.25) is 0 Å². The zero-order valence-electron chi connectivity index (χ0n) is 18.3. The van der Waals surface area contributed by atoms with Gasteiger partial charge in [0.05, 0.1) is 16.8 Å². The molecule has 0 aliphatic carbocycles. The molecule has 0 spiro atoms. The number of aromatic carboxylic acids is 1. The van der Waals surface area contributed by atoms with Gasteiger partial charge in [0.25, 0.3) is 11.8 Å². The summed E-state index contributed by atoms with van der Waals surface area (Å²) in [5.74, 6) is -0.504. The van der Waals surface area contributed by atoms with Gasteiger partial charge >= 0.3 is 5.97 Å². The molecule has 0 bridgehead atoms. The summed E-state index contributed by atoms with van der Waals surface area (Å²) < 4.78 is 0. The van der Waals surface area contributed by atoms with Gasteiger partial charge in [-0.1, -0.05) is 6.07 Å². The van der Waals surface area contributed by atoms with Gasteiger partial charge in [0.15, 0.2) is 0 Å². The van der Waals surface area contributed by atoms with Crippen molar-refractivity contribution in [3.8, 4) is 0 Å². The SMILES string of the molecule is Cc1ncc(C(=O)N2CCCCC2)c(C2CCN(C(=O)c3cccc(C(=O)O)c3)CC2)n1. The smallest absolute Gasteiger partial charge is 0.335 e. The molecule has 0 unspecified atom stereocenters. The molecule has 2 fully saturated rings. The highest BCUT2D eigenvalue weighted by molar-refractivity contribution is 5.97. The van der Waals surface area contributed by atoms with Gasteiger partial charge in [-0.3, -0.25) is 9.59 Å². The number of carboxylic acids is 1. The number of carbonyl (C=O) groups is 3. The number of hydrogen-bond donors (Lipinski definition) is 1. The molecule has 32 heavy (non-hydrogen) atoms.